The highest BCUT2D eigenvalue weighted by Gasteiger charge is 2.16. The van der Waals surface area contributed by atoms with Crippen LogP contribution in [0.3, 0.4) is 0 Å². The first-order valence-corrected chi connectivity index (χ1v) is 9.53. The number of hydrogen-bond acceptors (Lipinski definition) is 3. The summed E-state index contributed by atoms with van der Waals surface area (Å²) in [6.45, 7) is 4.91. The summed E-state index contributed by atoms with van der Waals surface area (Å²) in [5, 5.41) is 5.00. The lowest BCUT2D eigenvalue weighted by molar-refractivity contribution is 0.742. The van der Waals surface area contributed by atoms with Gasteiger partial charge in [0.25, 0.3) is 11.1 Å². The molecule has 138 valence electrons. The standard InChI is InChI=1S/C23H19N3O2/c1-3-25-20-18(14-9-5-7-11-16(14)22(25)27)13-19-15-10-6-8-12-17(15)23(28)26(4-2)21(19)24-20/h5-13H,3-4H2,1-2H3. The molecule has 5 nitrogen and oxygen atoms in total. The quantitative estimate of drug-likeness (QED) is 0.348. The third kappa shape index (κ3) is 2.10. The number of aryl methyl sites for hydroxylation is 2. The second-order valence-corrected chi connectivity index (χ2v) is 6.92. The summed E-state index contributed by atoms with van der Waals surface area (Å²) in [6.07, 6.45) is 0. The molecule has 0 aliphatic carbocycles. The Bertz CT molecular complexity index is 1410. The number of rotatable bonds is 2. The third-order valence-corrected chi connectivity index (χ3v) is 5.51. The minimum Gasteiger partial charge on any atom is -0.292 e. The molecule has 0 aliphatic heterocycles. The highest BCUT2D eigenvalue weighted by molar-refractivity contribution is 6.13. The monoisotopic (exact) mass is 369 g/mol. The lowest BCUT2D eigenvalue weighted by Gasteiger charge is -2.15. The Kier molecular flexibility index (Phi) is 3.59. The van der Waals surface area contributed by atoms with Crippen molar-refractivity contribution in [3.8, 4) is 0 Å². The highest BCUT2D eigenvalue weighted by atomic mass is 16.1. The molecule has 5 aromatic rings. The normalized spacial score (nSPS) is 11.8. The molecule has 5 rings (SSSR count). The Balaban J connectivity index is 2.15. The molecule has 2 aromatic carbocycles. The zero-order chi connectivity index (χ0) is 19.4. The van der Waals surface area contributed by atoms with E-state index in [1.54, 1.807) is 9.13 Å². The van der Waals surface area contributed by atoms with E-state index in [-0.39, 0.29) is 11.1 Å². The van der Waals surface area contributed by atoms with Gasteiger partial charge in [-0.05, 0) is 42.8 Å². The molecule has 0 aliphatic rings. The number of aromatic nitrogens is 3. The van der Waals surface area contributed by atoms with Crippen LogP contribution in [0.25, 0.3) is 43.6 Å². The van der Waals surface area contributed by atoms with Crippen LogP contribution in [0, 0.1) is 0 Å². The zero-order valence-electron chi connectivity index (χ0n) is 15.8. The molecule has 28 heavy (non-hydrogen) atoms. The minimum absolute atomic E-state index is 0.0522. The van der Waals surface area contributed by atoms with Gasteiger partial charge in [-0.3, -0.25) is 18.7 Å². The van der Waals surface area contributed by atoms with Crippen molar-refractivity contribution in [1.82, 2.24) is 14.1 Å². The van der Waals surface area contributed by atoms with Crippen molar-refractivity contribution in [2.75, 3.05) is 0 Å². The first-order chi connectivity index (χ1) is 13.7. The maximum atomic E-state index is 13.0. The molecule has 0 unspecified atom stereocenters. The maximum Gasteiger partial charge on any atom is 0.260 e. The van der Waals surface area contributed by atoms with Gasteiger partial charge in [0.05, 0.1) is 0 Å². The van der Waals surface area contributed by atoms with Gasteiger partial charge in [-0.15, -0.1) is 0 Å². The fourth-order valence-corrected chi connectivity index (χ4v) is 4.18. The summed E-state index contributed by atoms with van der Waals surface area (Å²) in [4.78, 5) is 30.9. The summed E-state index contributed by atoms with van der Waals surface area (Å²) in [5.41, 5.74) is 1.14. The Morgan fingerprint density at radius 3 is 1.43 bits per heavy atom. The molecule has 3 aromatic heterocycles. The van der Waals surface area contributed by atoms with Crippen LogP contribution >= 0.6 is 0 Å². The van der Waals surface area contributed by atoms with Crippen molar-refractivity contribution in [1.29, 1.82) is 0 Å². The van der Waals surface area contributed by atoms with E-state index in [0.717, 1.165) is 21.5 Å². The van der Waals surface area contributed by atoms with Gasteiger partial charge in [-0.25, -0.2) is 4.98 Å². The molecule has 0 N–H and O–H groups in total. The smallest absolute Gasteiger partial charge is 0.260 e. The van der Waals surface area contributed by atoms with Gasteiger partial charge in [-0.2, -0.15) is 0 Å². The van der Waals surface area contributed by atoms with Gasteiger partial charge < -0.3 is 0 Å². The average Bonchev–Trinajstić information content (AvgIpc) is 2.74. The van der Waals surface area contributed by atoms with Crippen LogP contribution in [-0.2, 0) is 13.1 Å². The molecule has 0 atom stereocenters. The van der Waals surface area contributed by atoms with Crippen LogP contribution < -0.4 is 11.1 Å². The van der Waals surface area contributed by atoms with Gasteiger partial charge in [0.1, 0.15) is 11.3 Å². The Labute approximate surface area is 160 Å². The first-order valence-electron chi connectivity index (χ1n) is 9.53. The predicted molar refractivity (Wildman–Crippen MR) is 114 cm³/mol. The molecule has 0 amide bonds. The largest absolute Gasteiger partial charge is 0.292 e. The van der Waals surface area contributed by atoms with E-state index in [4.69, 9.17) is 4.98 Å². The lowest BCUT2D eigenvalue weighted by Crippen LogP contribution is -2.23. The maximum absolute atomic E-state index is 13.0. The van der Waals surface area contributed by atoms with E-state index in [0.29, 0.717) is 35.2 Å². The van der Waals surface area contributed by atoms with E-state index >= 15 is 0 Å². The average molecular weight is 369 g/mol. The van der Waals surface area contributed by atoms with Crippen molar-refractivity contribution in [3.05, 3.63) is 75.3 Å². The van der Waals surface area contributed by atoms with Crippen LogP contribution in [-0.4, -0.2) is 14.1 Å². The second kappa shape index (κ2) is 6.02. The van der Waals surface area contributed by atoms with Gasteiger partial charge >= 0.3 is 0 Å². The fraction of sp³-hybridized carbons (Fsp3) is 0.174. The Hall–Kier alpha value is -3.47. The Morgan fingerprint density at radius 1 is 0.643 bits per heavy atom. The fourth-order valence-electron chi connectivity index (χ4n) is 4.18. The molecule has 0 fully saturated rings. The van der Waals surface area contributed by atoms with Crippen LogP contribution in [0.1, 0.15) is 13.8 Å². The number of nitrogens with zero attached hydrogens (tertiary/aromatic N) is 3. The summed E-state index contributed by atoms with van der Waals surface area (Å²) in [5.74, 6) is 0. The topological polar surface area (TPSA) is 56.9 Å². The summed E-state index contributed by atoms with van der Waals surface area (Å²) < 4.78 is 3.38. The molecule has 0 radical (unpaired) electrons. The molecule has 3 heterocycles. The molecular formula is C23H19N3O2. The summed E-state index contributed by atoms with van der Waals surface area (Å²) >= 11 is 0. The number of pyridine rings is 3. The predicted octanol–water partition coefficient (Wildman–Crippen LogP) is 4.06. The number of benzene rings is 2. The molecular weight excluding hydrogens is 350 g/mol. The summed E-state index contributed by atoms with van der Waals surface area (Å²) in [6, 6.07) is 17.4. The minimum atomic E-state index is -0.0522. The van der Waals surface area contributed by atoms with Gasteiger partial charge in [-0.1, -0.05) is 36.4 Å². The van der Waals surface area contributed by atoms with Gasteiger partial charge in [0.15, 0.2) is 0 Å². The summed E-state index contributed by atoms with van der Waals surface area (Å²) in [7, 11) is 0. The molecule has 0 spiro atoms. The van der Waals surface area contributed by atoms with Crippen molar-refractivity contribution in [3.63, 3.8) is 0 Å². The van der Waals surface area contributed by atoms with Crippen LogP contribution in [0.2, 0.25) is 0 Å². The van der Waals surface area contributed by atoms with Crippen molar-refractivity contribution < 1.29 is 0 Å². The number of fused-ring (bicyclic) bond motifs is 6. The van der Waals surface area contributed by atoms with Crippen molar-refractivity contribution in [2.45, 2.75) is 26.9 Å². The van der Waals surface area contributed by atoms with E-state index < -0.39 is 0 Å². The van der Waals surface area contributed by atoms with Crippen LogP contribution in [0.5, 0.6) is 0 Å². The SMILES string of the molecule is CCn1c(=O)c2ccccc2c2cc3c4ccccc4c(=O)n(CC)c3nc21. The van der Waals surface area contributed by atoms with Crippen molar-refractivity contribution in [2.24, 2.45) is 0 Å². The molecule has 5 heteroatoms. The molecule has 0 bridgehead atoms. The van der Waals surface area contributed by atoms with Crippen molar-refractivity contribution >= 4 is 43.6 Å². The van der Waals surface area contributed by atoms with Gasteiger partial charge in [0.2, 0.25) is 0 Å². The highest BCUT2D eigenvalue weighted by Crippen LogP contribution is 2.28. The van der Waals surface area contributed by atoms with E-state index in [1.807, 2.05) is 62.4 Å². The first kappa shape index (κ1) is 16.7. The molecule has 0 saturated carbocycles. The zero-order valence-corrected chi connectivity index (χ0v) is 15.8. The van der Waals surface area contributed by atoms with Gasteiger partial charge in [0, 0.05) is 34.6 Å². The Morgan fingerprint density at radius 2 is 1.04 bits per heavy atom. The molecule has 0 saturated heterocycles. The second-order valence-electron chi connectivity index (χ2n) is 6.92. The van der Waals surface area contributed by atoms with E-state index in [9.17, 15) is 9.59 Å². The van der Waals surface area contributed by atoms with Crippen LogP contribution in [0.4, 0.5) is 0 Å². The van der Waals surface area contributed by atoms with E-state index in [2.05, 4.69) is 6.07 Å². The van der Waals surface area contributed by atoms with Crippen LogP contribution in [0.15, 0.2) is 64.2 Å². The van der Waals surface area contributed by atoms with E-state index in [1.165, 1.54) is 0 Å². The number of hydrogen-bond donors (Lipinski definition) is 0. The lowest BCUT2D eigenvalue weighted by atomic mass is 10.0. The third-order valence-electron chi connectivity index (χ3n) is 5.51.